The molecular formula is C13H13NO3. The smallest absolute Gasteiger partial charge is 0.336 e. The Morgan fingerprint density at radius 3 is 2.47 bits per heavy atom. The van der Waals surface area contributed by atoms with Crippen molar-refractivity contribution in [3.05, 3.63) is 45.8 Å². The standard InChI is InChI=1S/C13H13NO3/c1-8-12(14(3)17-13(8)16)11-7-5-4-6-10(11)9(2)15/h4-7H,1-3H3. The molecule has 0 aliphatic heterocycles. The molecule has 0 radical (unpaired) electrons. The number of nitrogens with zero attached hydrogens (tertiary/aromatic N) is 1. The average molecular weight is 231 g/mol. The lowest BCUT2D eigenvalue weighted by Crippen LogP contribution is -2.00. The van der Waals surface area contributed by atoms with Gasteiger partial charge in [-0.2, -0.15) is 0 Å². The van der Waals surface area contributed by atoms with Crippen LogP contribution in [0, 0.1) is 6.92 Å². The van der Waals surface area contributed by atoms with Gasteiger partial charge in [0.25, 0.3) is 0 Å². The lowest BCUT2D eigenvalue weighted by atomic mass is 9.99. The van der Waals surface area contributed by atoms with Gasteiger partial charge in [-0.05, 0) is 13.8 Å². The summed E-state index contributed by atoms with van der Waals surface area (Å²) < 4.78 is 6.39. The van der Waals surface area contributed by atoms with Gasteiger partial charge < -0.3 is 4.52 Å². The van der Waals surface area contributed by atoms with Crippen LogP contribution >= 0.6 is 0 Å². The van der Waals surface area contributed by atoms with Crippen molar-refractivity contribution in [2.45, 2.75) is 13.8 Å². The third-order valence-electron chi connectivity index (χ3n) is 2.76. The van der Waals surface area contributed by atoms with Crippen molar-refractivity contribution >= 4 is 5.78 Å². The molecule has 0 saturated carbocycles. The van der Waals surface area contributed by atoms with Gasteiger partial charge in [0.1, 0.15) is 0 Å². The van der Waals surface area contributed by atoms with Gasteiger partial charge in [0.15, 0.2) is 5.78 Å². The average Bonchev–Trinajstić information content (AvgIpc) is 2.53. The molecule has 0 saturated heterocycles. The number of carbonyl (C=O) groups is 1. The molecule has 2 aromatic rings. The molecule has 4 nitrogen and oxygen atoms in total. The van der Waals surface area contributed by atoms with Gasteiger partial charge in [-0.25, -0.2) is 9.53 Å². The molecule has 88 valence electrons. The van der Waals surface area contributed by atoms with Crippen LogP contribution in [0.1, 0.15) is 22.8 Å². The molecule has 1 aromatic carbocycles. The van der Waals surface area contributed by atoms with Gasteiger partial charge in [-0.3, -0.25) is 4.79 Å². The number of ketones is 1. The van der Waals surface area contributed by atoms with Crippen molar-refractivity contribution in [3.8, 4) is 11.3 Å². The van der Waals surface area contributed by atoms with Crippen LogP contribution in [-0.2, 0) is 7.05 Å². The largest absolute Gasteiger partial charge is 0.361 e. The Labute approximate surface area is 98.4 Å². The summed E-state index contributed by atoms with van der Waals surface area (Å²) in [5.41, 5.74) is 2.11. The van der Waals surface area contributed by atoms with Crippen molar-refractivity contribution in [3.63, 3.8) is 0 Å². The molecule has 1 heterocycles. The van der Waals surface area contributed by atoms with Crippen LogP contribution < -0.4 is 5.63 Å². The zero-order chi connectivity index (χ0) is 12.6. The van der Waals surface area contributed by atoms with Gasteiger partial charge in [0.05, 0.1) is 11.3 Å². The van der Waals surface area contributed by atoms with Crippen LogP contribution in [-0.4, -0.2) is 10.5 Å². The maximum Gasteiger partial charge on any atom is 0.361 e. The van der Waals surface area contributed by atoms with E-state index in [1.807, 2.05) is 12.1 Å². The van der Waals surface area contributed by atoms with Crippen molar-refractivity contribution < 1.29 is 9.32 Å². The first-order valence-corrected chi connectivity index (χ1v) is 5.29. The Morgan fingerprint density at radius 2 is 1.94 bits per heavy atom. The minimum atomic E-state index is -0.374. The minimum absolute atomic E-state index is 0.0337. The SMILES string of the molecule is CC(=O)c1ccccc1-c1c(C)c(=O)on1C. The van der Waals surface area contributed by atoms with Crippen LogP contribution in [0.4, 0.5) is 0 Å². The van der Waals surface area contributed by atoms with E-state index < -0.39 is 0 Å². The lowest BCUT2D eigenvalue weighted by molar-refractivity contribution is 0.101. The molecule has 0 amide bonds. The molecule has 0 spiro atoms. The molecule has 0 aliphatic carbocycles. The number of Topliss-reactive ketones (excluding diaryl/α,β-unsaturated/α-hetero) is 1. The second kappa shape index (κ2) is 4.05. The summed E-state index contributed by atoms with van der Waals surface area (Å²) >= 11 is 0. The van der Waals surface area contributed by atoms with Crippen LogP contribution in [0.15, 0.2) is 33.6 Å². The molecule has 1 aromatic heterocycles. The number of aromatic nitrogens is 1. The Kier molecular flexibility index (Phi) is 2.71. The molecule has 4 heteroatoms. The third kappa shape index (κ3) is 1.82. The van der Waals surface area contributed by atoms with E-state index in [1.165, 1.54) is 11.7 Å². The van der Waals surface area contributed by atoms with Crippen LogP contribution in [0.25, 0.3) is 11.3 Å². The first-order valence-electron chi connectivity index (χ1n) is 5.29. The molecule has 0 unspecified atom stereocenters. The first-order chi connectivity index (χ1) is 8.02. The number of rotatable bonds is 2. The van der Waals surface area contributed by atoms with Gasteiger partial charge in [-0.15, -0.1) is 0 Å². The number of carbonyl (C=O) groups excluding carboxylic acids is 1. The van der Waals surface area contributed by atoms with E-state index in [9.17, 15) is 9.59 Å². The molecule has 0 bridgehead atoms. The second-order valence-electron chi connectivity index (χ2n) is 3.95. The van der Waals surface area contributed by atoms with Crippen molar-refractivity contribution in [1.29, 1.82) is 0 Å². The fourth-order valence-corrected chi connectivity index (χ4v) is 1.94. The fraction of sp³-hybridized carbons (Fsp3) is 0.231. The van der Waals surface area contributed by atoms with E-state index in [-0.39, 0.29) is 11.4 Å². The molecule has 0 atom stereocenters. The minimum Gasteiger partial charge on any atom is -0.336 e. The van der Waals surface area contributed by atoms with E-state index in [0.29, 0.717) is 16.8 Å². The molecular weight excluding hydrogens is 218 g/mol. The van der Waals surface area contributed by atoms with E-state index in [4.69, 9.17) is 4.52 Å². The summed E-state index contributed by atoms with van der Waals surface area (Å²) in [5.74, 6) is -0.0337. The summed E-state index contributed by atoms with van der Waals surface area (Å²) in [6.45, 7) is 3.20. The summed E-state index contributed by atoms with van der Waals surface area (Å²) in [6, 6.07) is 7.19. The Bertz CT molecular complexity index is 634. The zero-order valence-corrected chi connectivity index (χ0v) is 9.98. The topological polar surface area (TPSA) is 52.2 Å². The number of hydrogen-bond donors (Lipinski definition) is 0. The third-order valence-corrected chi connectivity index (χ3v) is 2.76. The van der Waals surface area contributed by atoms with E-state index in [1.54, 1.807) is 26.1 Å². The number of hydrogen-bond acceptors (Lipinski definition) is 3. The monoisotopic (exact) mass is 231 g/mol. The fourth-order valence-electron chi connectivity index (χ4n) is 1.94. The summed E-state index contributed by atoms with van der Waals surface area (Å²) in [4.78, 5) is 23.0. The normalized spacial score (nSPS) is 10.5. The summed E-state index contributed by atoms with van der Waals surface area (Å²) in [6.07, 6.45) is 0. The summed E-state index contributed by atoms with van der Waals surface area (Å²) in [5, 5.41) is 0. The maximum atomic E-state index is 11.6. The molecule has 0 N–H and O–H groups in total. The van der Waals surface area contributed by atoms with E-state index >= 15 is 0 Å². The van der Waals surface area contributed by atoms with Gasteiger partial charge in [-0.1, -0.05) is 24.3 Å². The molecule has 17 heavy (non-hydrogen) atoms. The van der Waals surface area contributed by atoms with Crippen molar-refractivity contribution in [2.75, 3.05) is 0 Å². The maximum absolute atomic E-state index is 11.6. The predicted octanol–water partition coefficient (Wildman–Crippen LogP) is 2.16. The Hall–Kier alpha value is -2.10. The highest BCUT2D eigenvalue weighted by atomic mass is 16.5. The van der Waals surface area contributed by atoms with E-state index in [2.05, 4.69) is 0 Å². The van der Waals surface area contributed by atoms with Crippen LogP contribution in [0.2, 0.25) is 0 Å². The van der Waals surface area contributed by atoms with Crippen LogP contribution in [0.5, 0.6) is 0 Å². The van der Waals surface area contributed by atoms with Gasteiger partial charge >= 0.3 is 5.63 Å². The van der Waals surface area contributed by atoms with Gasteiger partial charge in [0.2, 0.25) is 0 Å². The first kappa shape index (κ1) is 11.4. The van der Waals surface area contributed by atoms with Gasteiger partial charge in [0, 0.05) is 18.2 Å². The molecule has 2 rings (SSSR count). The Balaban J connectivity index is 2.77. The second-order valence-corrected chi connectivity index (χ2v) is 3.95. The van der Waals surface area contributed by atoms with E-state index in [0.717, 1.165) is 5.56 Å². The lowest BCUT2D eigenvalue weighted by Gasteiger charge is -2.07. The van der Waals surface area contributed by atoms with Crippen LogP contribution in [0.3, 0.4) is 0 Å². The molecule has 0 aliphatic rings. The van der Waals surface area contributed by atoms with Crippen molar-refractivity contribution in [1.82, 2.24) is 4.74 Å². The number of aryl methyl sites for hydroxylation is 1. The predicted molar refractivity (Wildman–Crippen MR) is 64.1 cm³/mol. The van der Waals surface area contributed by atoms with Crippen molar-refractivity contribution in [2.24, 2.45) is 7.05 Å². The number of benzene rings is 1. The highest BCUT2D eigenvalue weighted by molar-refractivity contribution is 6.00. The Morgan fingerprint density at radius 1 is 1.29 bits per heavy atom. The zero-order valence-electron chi connectivity index (χ0n) is 9.98. The molecule has 0 fully saturated rings. The highest BCUT2D eigenvalue weighted by Crippen LogP contribution is 2.25. The summed E-state index contributed by atoms with van der Waals surface area (Å²) in [7, 11) is 1.65. The highest BCUT2D eigenvalue weighted by Gasteiger charge is 2.17. The quantitative estimate of drug-likeness (QED) is 0.744.